The molecule has 0 heterocycles. The highest BCUT2D eigenvalue weighted by molar-refractivity contribution is 9.72. The van der Waals surface area contributed by atoms with E-state index in [0.717, 1.165) is 25.3 Å². The van der Waals surface area contributed by atoms with Crippen molar-refractivity contribution in [2.75, 3.05) is 0 Å². The van der Waals surface area contributed by atoms with Crippen LogP contribution in [0.25, 0.3) is 11.1 Å². The molecule has 0 aliphatic rings. The predicted molar refractivity (Wildman–Crippen MR) is 122 cm³/mol. The zero-order valence-corrected chi connectivity index (χ0v) is 20.3. The van der Waals surface area contributed by atoms with Gasteiger partial charge >= 0.3 is 0 Å². The number of benzene rings is 2. The van der Waals surface area contributed by atoms with Crippen molar-refractivity contribution in [1.29, 1.82) is 0 Å². The first-order valence-corrected chi connectivity index (χ1v) is 17.8. The molecule has 0 radical (unpaired) electrons. The molecular formula is C20H25Br3OSi. The second-order valence-corrected chi connectivity index (χ2v) is 30.0. The van der Waals surface area contributed by atoms with E-state index in [4.69, 9.17) is 0 Å². The molecule has 0 spiro atoms. The number of unbranched alkanes of at least 4 members (excludes halogenated alkanes) is 2. The fraction of sp³-hybridized carbons (Fsp3) is 0.400. The van der Waals surface area contributed by atoms with Crippen molar-refractivity contribution in [3.8, 4) is 16.9 Å². The topological polar surface area (TPSA) is 20.2 Å². The third-order valence-corrected chi connectivity index (χ3v) is 8.82. The Kier molecular flexibility index (Phi) is 8.72. The van der Waals surface area contributed by atoms with E-state index >= 15 is 0 Å². The van der Waals surface area contributed by atoms with Gasteiger partial charge < -0.3 is 5.11 Å². The van der Waals surface area contributed by atoms with Crippen LogP contribution in [0, 0.1) is 0 Å². The summed E-state index contributed by atoms with van der Waals surface area (Å²) < 4.78 is -1.57. The molecule has 25 heavy (non-hydrogen) atoms. The van der Waals surface area contributed by atoms with Crippen LogP contribution in [0.4, 0.5) is 0 Å². The molecule has 5 heteroatoms. The van der Waals surface area contributed by atoms with Gasteiger partial charge in [0, 0.05) is 0 Å². The lowest BCUT2D eigenvalue weighted by Crippen LogP contribution is -2.06. The smallest absolute Gasteiger partial charge is 0.267 e. The average molecular weight is 549 g/mol. The van der Waals surface area contributed by atoms with E-state index in [1.165, 1.54) is 41.5 Å². The molecule has 1 nitrogen and oxygen atoms in total. The second kappa shape index (κ2) is 10.3. The van der Waals surface area contributed by atoms with Gasteiger partial charge in [-0.15, -0.1) is 0 Å². The minimum atomic E-state index is -1.57. The second-order valence-electron chi connectivity index (χ2n) is 6.46. The first-order chi connectivity index (χ1) is 11.9. The lowest BCUT2D eigenvalue weighted by molar-refractivity contribution is 0.474. The highest BCUT2D eigenvalue weighted by atomic mass is 80.0. The van der Waals surface area contributed by atoms with Crippen LogP contribution in [-0.2, 0) is 12.8 Å². The largest absolute Gasteiger partial charge is 0.508 e. The molecule has 0 atom stereocenters. The molecule has 0 unspecified atom stereocenters. The highest BCUT2D eigenvalue weighted by Gasteiger charge is 2.21. The highest BCUT2D eigenvalue weighted by Crippen LogP contribution is 2.35. The third-order valence-electron chi connectivity index (χ3n) is 4.33. The first-order valence-electron chi connectivity index (χ1n) is 8.87. The molecule has 1 N–H and O–H groups in total. The molecule has 0 bridgehead atoms. The summed E-state index contributed by atoms with van der Waals surface area (Å²) in [6.07, 6.45) is 7.00. The van der Waals surface area contributed by atoms with Crippen LogP contribution in [0.2, 0.25) is 6.04 Å². The Bertz CT molecular complexity index is 666. The zero-order valence-electron chi connectivity index (χ0n) is 14.6. The maximum Gasteiger partial charge on any atom is 0.267 e. The molecular weight excluding hydrogens is 524 g/mol. The molecule has 0 saturated carbocycles. The van der Waals surface area contributed by atoms with Crippen molar-refractivity contribution in [2.24, 2.45) is 0 Å². The van der Waals surface area contributed by atoms with Crippen molar-refractivity contribution < 1.29 is 5.11 Å². The molecule has 0 fully saturated rings. The Morgan fingerprint density at radius 1 is 0.880 bits per heavy atom. The van der Waals surface area contributed by atoms with Crippen LogP contribution >= 0.6 is 45.9 Å². The van der Waals surface area contributed by atoms with Gasteiger partial charge in [-0.2, -0.15) is 0 Å². The van der Waals surface area contributed by atoms with Gasteiger partial charge in [0.25, 0.3) is 3.93 Å². The number of phenolic OH excluding ortho intramolecular Hbond substituents is 1. The van der Waals surface area contributed by atoms with Crippen molar-refractivity contribution in [1.82, 2.24) is 0 Å². The molecule has 2 aromatic rings. The van der Waals surface area contributed by atoms with Gasteiger partial charge in [-0.1, -0.05) is 96.0 Å². The van der Waals surface area contributed by atoms with Crippen LogP contribution < -0.4 is 0 Å². The number of phenols is 1. The molecule has 0 saturated heterocycles. The summed E-state index contributed by atoms with van der Waals surface area (Å²) >= 11 is 11.1. The van der Waals surface area contributed by atoms with Crippen LogP contribution in [0.3, 0.4) is 0 Å². The molecule has 2 rings (SSSR count). The van der Waals surface area contributed by atoms with E-state index < -0.39 is 3.93 Å². The Balaban J connectivity index is 2.12. The molecule has 0 amide bonds. The maximum absolute atomic E-state index is 9.89. The van der Waals surface area contributed by atoms with Gasteiger partial charge in [0.15, 0.2) is 0 Å². The molecule has 0 aliphatic carbocycles. The summed E-state index contributed by atoms with van der Waals surface area (Å²) in [6, 6.07) is 15.7. The SMILES string of the molecule is CCCCCc1ccc(-c2ccc(O)cc2CCC[Si](Br)(Br)Br)cc1. The monoisotopic (exact) mass is 546 g/mol. The average Bonchev–Trinajstić information content (AvgIpc) is 2.55. The van der Waals surface area contributed by atoms with Crippen LogP contribution in [0.1, 0.15) is 43.7 Å². The molecule has 136 valence electrons. The summed E-state index contributed by atoms with van der Waals surface area (Å²) in [6.45, 7) is 2.24. The third kappa shape index (κ3) is 7.57. The van der Waals surface area contributed by atoms with Gasteiger partial charge in [-0.05, 0) is 66.1 Å². The molecule has 0 aromatic heterocycles. The van der Waals surface area contributed by atoms with E-state index in [1.54, 1.807) is 6.07 Å². The van der Waals surface area contributed by atoms with E-state index in [0.29, 0.717) is 5.75 Å². The van der Waals surface area contributed by atoms with Crippen molar-refractivity contribution in [3.63, 3.8) is 0 Å². The lowest BCUT2D eigenvalue weighted by Gasteiger charge is -2.13. The zero-order chi connectivity index (χ0) is 18.3. The number of aromatic hydroxyl groups is 1. The fourth-order valence-electron chi connectivity index (χ4n) is 2.98. The van der Waals surface area contributed by atoms with Gasteiger partial charge in [-0.25, -0.2) is 0 Å². The minimum Gasteiger partial charge on any atom is -0.508 e. The summed E-state index contributed by atoms with van der Waals surface area (Å²) in [4.78, 5) is 0. The Morgan fingerprint density at radius 3 is 2.24 bits per heavy atom. The number of hydrogen-bond acceptors (Lipinski definition) is 1. The predicted octanol–water partition coefficient (Wildman–Crippen LogP) is 7.85. The van der Waals surface area contributed by atoms with Crippen molar-refractivity contribution in [2.45, 2.75) is 51.5 Å². The normalized spacial score (nSPS) is 11.7. The van der Waals surface area contributed by atoms with Crippen LogP contribution in [-0.4, -0.2) is 9.04 Å². The standard InChI is InChI=1S/C20H25Br3OSi/c1-2-3-4-6-16-8-10-17(11-9-16)20-13-12-19(24)15-18(20)7-5-14-25(21,22)23/h8-13,15,24H,2-7,14H2,1H3. The van der Waals surface area contributed by atoms with E-state index in [-0.39, 0.29) is 0 Å². The minimum absolute atomic E-state index is 0.343. The number of rotatable bonds is 9. The Morgan fingerprint density at radius 2 is 1.60 bits per heavy atom. The van der Waals surface area contributed by atoms with Gasteiger partial charge in [-0.3, -0.25) is 0 Å². The quantitative estimate of drug-likeness (QED) is 0.192. The first kappa shape index (κ1) is 21.2. The fourth-order valence-corrected chi connectivity index (χ4v) is 6.08. The lowest BCUT2D eigenvalue weighted by atomic mass is 9.95. The van der Waals surface area contributed by atoms with Gasteiger partial charge in [0.2, 0.25) is 0 Å². The Labute approximate surface area is 176 Å². The van der Waals surface area contributed by atoms with Crippen molar-refractivity contribution >= 4 is 49.8 Å². The van der Waals surface area contributed by atoms with Gasteiger partial charge in [0.1, 0.15) is 5.75 Å². The summed E-state index contributed by atoms with van der Waals surface area (Å²) in [5.41, 5.74) is 5.08. The van der Waals surface area contributed by atoms with Gasteiger partial charge in [0.05, 0.1) is 0 Å². The van der Waals surface area contributed by atoms with Crippen molar-refractivity contribution in [3.05, 3.63) is 53.6 Å². The summed E-state index contributed by atoms with van der Waals surface area (Å²) in [5, 5.41) is 9.89. The van der Waals surface area contributed by atoms with E-state index in [2.05, 4.69) is 77.1 Å². The Hall–Kier alpha value is -0.103. The summed E-state index contributed by atoms with van der Waals surface area (Å²) in [5.74, 6) is 0.343. The van der Waals surface area contributed by atoms with Crippen LogP contribution in [0.15, 0.2) is 42.5 Å². The number of halogens is 3. The summed E-state index contributed by atoms with van der Waals surface area (Å²) in [7, 11) is 0. The number of aryl methyl sites for hydroxylation is 2. The van der Waals surface area contributed by atoms with E-state index in [1.807, 2.05) is 12.1 Å². The van der Waals surface area contributed by atoms with E-state index in [9.17, 15) is 5.11 Å². The molecule has 2 aromatic carbocycles. The number of hydrogen-bond donors (Lipinski definition) is 1. The molecule has 0 aliphatic heterocycles. The van der Waals surface area contributed by atoms with Crippen LogP contribution in [0.5, 0.6) is 5.75 Å². The maximum atomic E-state index is 9.89.